The molecule has 1 unspecified atom stereocenters. The molecule has 0 aromatic heterocycles. The predicted octanol–water partition coefficient (Wildman–Crippen LogP) is 4.60. The van der Waals surface area contributed by atoms with Crippen LogP contribution >= 0.6 is 0 Å². The van der Waals surface area contributed by atoms with Crippen molar-refractivity contribution >= 4 is 5.97 Å². The Morgan fingerprint density at radius 2 is 1.29 bits per heavy atom. The largest absolute Gasteiger partial charge is 0.477 e. The molecule has 0 fully saturated rings. The minimum atomic E-state index is -0.814. The van der Waals surface area contributed by atoms with Gasteiger partial charge in [0.15, 0.2) is 6.54 Å². The summed E-state index contributed by atoms with van der Waals surface area (Å²) in [5.74, 6) is -0.814. The van der Waals surface area contributed by atoms with E-state index in [1.807, 2.05) is 21.0 Å². The van der Waals surface area contributed by atoms with Crippen LogP contribution in [-0.4, -0.2) is 53.5 Å². The van der Waals surface area contributed by atoms with Crippen molar-refractivity contribution in [1.82, 2.24) is 0 Å². The molecule has 0 amide bonds. The van der Waals surface area contributed by atoms with Gasteiger partial charge in [-0.1, -0.05) is 77.6 Å². The number of carboxylic acids is 1. The molecule has 4 heteroatoms. The van der Waals surface area contributed by atoms with Gasteiger partial charge in [0, 0.05) is 0 Å². The number of quaternary nitrogens is 1. The number of hydrogen-bond donors (Lipinski definition) is 2. The first-order valence-electron chi connectivity index (χ1n) is 9.95. The van der Waals surface area contributed by atoms with Gasteiger partial charge >= 0.3 is 5.97 Å². The van der Waals surface area contributed by atoms with Crippen molar-refractivity contribution in [2.24, 2.45) is 0 Å². The van der Waals surface area contributed by atoms with Gasteiger partial charge in [-0.05, 0) is 13.3 Å². The second kappa shape index (κ2) is 12.7. The zero-order chi connectivity index (χ0) is 18.5. The molecular formula is C20H42NO3+. The molecule has 1 atom stereocenters. The van der Waals surface area contributed by atoms with E-state index >= 15 is 0 Å². The average Bonchev–Trinajstić information content (AvgIpc) is 2.41. The van der Waals surface area contributed by atoms with Crippen LogP contribution in [0, 0.1) is 0 Å². The van der Waals surface area contributed by atoms with E-state index in [0.29, 0.717) is 11.0 Å². The Bertz CT molecular complexity index is 327. The van der Waals surface area contributed by atoms with Gasteiger partial charge in [-0.2, -0.15) is 0 Å². The summed E-state index contributed by atoms with van der Waals surface area (Å²) in [4.78, 5) is 10.9. The quantitative estimate of drug-likeness (QED) is 0.318. The second-order valence-corrected chi connectivity index (χ2v) is 8.43. The Labute approximate surface area is 149 Å². The van der Waals surface area contributed by atoms with Crippen LogP contribution in [-0.2, 0) is 4.79 Å². The van der Waals surface area contributed by atoms with Crippen molar-refractivity contribution in [3.8, 4) is 0 Å². The molecule has 24 heavy (non-hydrogen) atoms. The summed E-state index contributed by atoms with van der Waals surface area (Å²) >= 11 is 0. The van der Waals surface area contributed by atoms with E-state index in [9.17, 15) is 9.90 Å². The summed E-state index contributed by atoms with van der Waals surface area (Å²) in [5.41, 5.74) is -0.780. The molecule has 2 N–H and O–H groups in total. The molecule has 0 aliphatic carbocycles. The Hall–Kier alpha value is -0.610. The highest BCUT2D eigenvalue weighted by Gasteiger charge is 2.31. The molecular weight excluding hydrogens is 302 g/mol. The third-order valence-corrected chi connectivity index (χ3v) is 4.65. The van der Waals surface area contributed by atoms with Crippen molar-refractivity contribution in [1.29, 1.82) is 0 Å². The maximum absolute atomic E-state index is 10.9. The molecule has 0 saturated heterocycles. The Kier molecular flexibility index (Phi) is 12.4. The third kappa shape index (κ3) is 14.9. The number of aliphatic hydroxyl groups is 1. The average molecular weight is 345 g/mol. The van der Waals surface area contributed by atoms with Gasteiger partial charge in [-0.25, -0.2) is 4.79 Å². The highest BCUT2D eigenvalue weighted by atomic mass is 16.4. The standard InChI is InChI=1S/C20H41NO3/c1-5-6-7-8-9-10-11-12-13-14-15-16-20(2,24)18-21(3,4)17-19(22)23/h24H,5-18H2,1-4H3/p+1. The summed E-state index contributed by atoms with van der Waals surface area (Å²) < 4.78 is 0.320. The van der Waals surface area contributed by atoms with E-state index in [-0.39, 0.29) is 6.54 Å². The molecule has 0 bridgehead atoms. The molecule has 0 saturated carbocycles. The van der Waals surface area contributed by atoms with Crippen LogP contribution in [0.4, 0.5) is 0 Å². The van der Waals surface area contributed by atoms with Crippen LogP contribution in [0.2, 0.25) is 0 Å². The molecule has 0 spiro atoms. The van der Waals surface area contributed by atoms with Gasteiger partial charge in [-0.3, -0.25) is 0 Å². The van der Waals surface area contributed by atoms with E-state index < -0.39 is 11.6 Å². The minimum absolute atomic E-state index is 0.0500. The van der Waals surface area contributed by atoms with Crippen molar-refractivity contribution in [3.63, 3.8) is 0 Å². The van der Waals surface area contributed by atoms with Gasteiger partial charge in [0.1, 0.15) is 12.1 Å². The van der Waals surface area contributed by atoms with Crippen LogP contribution in [0.25, 0.3) is 0 Å². The molecule has 0 aliphatic heterocycles. The normalized spacial score (nSPS) is 14.5. The number of carboxylic acid groups (broad SMARTS) is 1. The predicted molar refractivity (Wildman–Crippen MR) is 101 cm³/mol. The third-order valence-electron chi connectivity index (χ3n) is 4.65. The number of nitrogens with zero attached hydrogens (tertiary/aromatic N) is 1. The molecule has 4 nitrogen and oxygen atoms in total. The van der Waals surface area contributed by atoms with Crippen LogP contribution in [0.15, 0.2) is 0 Å². The lowest BCUT2D eigenvalue weighted by molar-refractivity contribution is -0.889. The van der Waals surface area contributed by atoms with Gasteiger partial charge in [0.2, 0.25) is 0 Å². The van der Waals surface area contributed by atoms with E-state index in [1.165, 1.54) is 64.2 Å². The number of likely N-dealkylation sites (N-methyl/N-ethyl adjacent to an activating group) is 1. The molecule has 0 heterocycles. The van der Waals surface area contributed by atoms with Gasteiger partial charge in [-0.15, -0.1) is 0 Å². The van der Waals surface area contributed by atoms with Crippen molar-refractivity contribution in [2.45, 2.75) is 96.5 Å². The lowest BCUT2D eigenvalue weighted by Crippen LogP contribution is -2.52. The monoisotopic (exact) mass is 344 g/mol. The van der Waals surface area contributed by atoms with Crippen molar-refractivity contribution < 1.29 is 19.5 Å². The zero-order valence-corrected chi connectivity index (χ0v) is 16.6. The fourth-order valence-corrected chi connectivity index (χ4v) is 3.59. The van der Waals surface area contributed by atoms with Crippen molar-refractivity contribution in [2.75, 3.05) is 27.2 Å². The van der Waals surface area contributed by atoms with Gasteiger partial charge < -0.3 is 14.7 Å². The lowest BCUT2D eigenvalue weighted by atomic mass is 9.96. The Balaban J connectivity index is 3.63. The smallest absolute Gasteiger partial charge is 0.359 e. The van der Waals surface area contributed by atoms with Crippen LogP contribution in [0.5, 0.6) is 0 Å². The molecule has 144 valence electrons. The fourth-order valence-electron chi connectivity index (χ4n) is 3.59. The highest BCUT2D eigenvalue weighted by molar-refractivity contribution is 5.67. The first-order valence-corrected chi connectivity index (χ1v) is 9.95. The minimum Gasteiger partial charge on any atom is -0.477 e. The first-order chi connectivity index (χ1) is 11.2. The number of hydrogen-bond acceptors (Lipinski definition) is 2. The summed E-state index contributed by atoms with van der Waals surface area (Å²) in [6, 6.07) is 0. The Morgan fingerprint density at radius 3 is 1.71 bits per heavy atom. The highest BCUT2D eigenvalue weighted by Crippen LogP contribution is 2.19. The van der Waals surface area contributed by atoms with Gasteiger partial charge in [0.05, 0.1) is 14.1 Å². The number of carbonyl (C=O) groups is 1. The van der Waals surface area contributed by atoms with Gasteiger partial charge in [0.25, 0.3) is 0 Å². The van der Waals surface area contributed by atoms with E-state index in [4.69, 9.17) is 5.11 Å². The number of unbranched alkanes of at least 4 members (excludes halogenated alkanes) is 10. The van der Waals surface area contributed by atoms with E-state index in [2.05, 4.69) is 6.92 Å². The molecule has 0 aromatic rings. The lowest BCUT2D eigenvalue weighted by Gasteiger charge is -2.35. The van der Waals surface area contributed by atoms with E-state index in [0.717, 1.165) is 12.8 Å². The fraction of sp³-hybridized carbons (Fsp3) is 0.950. The Morgan fingerprint density at radius 1 is 0.875 bits per heavy atom. The summed E-state index contributed by atoms with van der Waals surface area (Å²) in [6.07, 6.45) is 15.1. The topological polar surface area (TPSA) is 57.5 Å². The second-order valence-electron chi connectivity index (χ2n) is 8.43. The van der Waals surface area contributed by atoms with Crippen LogP contribution in [0.3, 0.4) is 0 Å². The molecule has 0 rings (SSSR count). The number of aliphatic carboxylic acids is 1. The molecule has 0 radical (unpaired) electrons. The summed E-state index contributed by atoms with van der Waals surface area (Å²) in [6.45, 7) is 4.63. The molecule has 0 aliphatic rings. The maximum atomic E-state index is 10.9. The van der Waals surface area contributed by atoms with E-state index in [1.54, 1.807) is 0 Å². The summed E-state index contributed by atoms with van der Waals surface area (Å²) in [7, 11) is 3.73. The maximum Gasteiger partial charge on any atom is 0.359 e. The zero-order valence-electron chi connectivity index (χ0n) is 16.6. The first kappa shape index (κ1) is 23.4. The van der Waals surface area contributed by atoms with Crippen LogP contribution < -0.4 is 0 Å². The summed E-state index contributed by atoms with van der Waals surface area (Å²) in [5, 5.41) is 19.4. The van der Waals surface area contributed by atoms with Crippen molar-refractivity contribution in [3.05, 3.63) is 0 Å². The number of rotatable bonds is 16. The SMILES string of the molecule is CCCCCCCCCCCCCC(C)(O)C[N+](C)(C)CC(=O)O. The molecule has 0 aromatic carbocycles. The van der Waals surface area contributed by atoms with Crippen LogP contribution in [0.1, 0.15) is 90.9 Å².